The lowest BCUT2D eigenvalue weighted by Crippen LogP contribution is -2.27. The molecule has 2 aromatic carbocycles. The van der Waals surface area contributed by atoms with Crippen molar-refractivity contribution >= 4 is 22.8 Å². The van der Waals surface area contributed by atoms with Crippen LogP contribution >= 0.6 is 12.2 Å². The molecule has 1 nitrogen and oxygen atoms in total. The van der Waals surface area contributed by atoms with Crippen LogP contribution in [0.1, 0.15) is 25.0 Å². The van der Waals surface area contributed by atoms with Gasteiger partial charge in [0.25, 0.3) is 0 Å². The fourth-order valence-corrected chi connectivity index (χ4v) is 2.31. The van der Waals surface area contributed by atoms with E-state index in [1.54, 1.807) is 0 Å². The molecule has 0 saturated carbocycles. The predicted molar refractivity (Wildman–Crippen MR) is 95.2 cm³/mol. The first-order valence-corrected chi connectivity index (χ1v) is 7.59. The van der Waals surface area contributed by atoms with Crippen molar-refractivity contribution in [3.8, 4) is 0 Å². The van der Waals surface area contributed by atoms with Crippen LogP contribution in [0.25, 0.3) is 5.57 Å². The van der Waals surface area contributed by atoms with Crippen molar-refractivity contribution in [1.29, 1.82) is 0 Å². The Hall–Kier alpha value is -1.93. The maximum Gasteiger partial charge on any atom is 0.0753 e. The molecule has 2 heteroatoms. The average molecular weight is 295 g/mol. The summed E-state index contributed by atoms with van der Waals surface area (Å²) in [5, 5.41) is 0. The van der Waals surface area contributed by atoms with Crippen LogP contribution in [0, 0.1) is 0 Å². The summed E-state index contributed by atoms with van der Waals surface area (Å²) in [5.41, 5.74) is 3.83. The minimum absolute atomic E-state index is 0.838. The third kappa shape index (κ3) is 4.83. The molecule has 0 N–H and O–H groups in total. The van der Waals surface area contributed by atoms with E-state index in [-0.39, 0.29) is 0 Å². The van der Waals surface area contributed by atoms with Crippen LogP contribution in [-0.2, 0) is 6.54 Å². The lowest BCUT2D eigenvalue weighted by Gasteiger charge is -2.22. The fraction of sp³-hybridized carbons (Fsp3) is 0.211. The SMILES string of the molecule is CC(=S)N(C/C=C(\C)c1ccccc1)Cc1ccccc1. The maximum atomic E-state index is 5.38. The molecule has 0 radical (unpaired) electrons. The number of hydrogen-bond donors (Lipinski definition) is 0. The molecule has 2 rings (SSSR count). The van der Waals surface area contributed by atoms with Crippen LogP contribution in [0.3, 0.4) is 0 Å². The van der Waals surface area contributed by atoms with Gasteiger partial charge in [-0.3, -0.25) is 0 Å². The zero-order valence-electron chi connectivity index (χ0n) is 12.6. The maximum absolute atomic E-state index is 5.38. The molecule has 2 aromatic rings. The van der Waals surface area contributed by atoms with Crippen LogP contribution in [0.15, 0.2) is 66.7 Å². The van der Waals surface area contributed by atoms with Gasteiger partial charge in [0.05, 0.1) is 4.99 Å². The van der Waals surface area contributed by atoms with Crippen LogP contribution < -0.4 is 0 Å². The van der Waals surface area contributed by atoms with Gasteiger partial charge >= 0.3 is 0 Å². The molecule has 0 aliphatic heterocycles. The van der Waals surface area contributed by atoms with Crippen LogP contribution in [0.5, 0.6) is 0 Å². The first kappa shape index (κ1) is 15.5. The van der Waals surface area contributed by atoms with Gasteiger partial charge in [0.2, 0.25) is 0 Å². The molecule has 0 heterocycles. The van der Waals surface area contributed by atoms with E-state index in [1.165, 1.54) is 16.7 Å². The predicted octanol–water partition coefficient (Wildman–Crippen LogP) is 4.94. The normalized spacial score (nSPS) is 11.2. The van der Waals surface area contributed by atoms with Gasteiger partial charge in [-0.2, -0.15) is 0 Å². The molecule has 0 spiro atoms. The minimum atomic E-state index is 0.838. The van der Waals surface area contributed by atoms with Crippen molar-refractivity contribution in [3.05, 3.63) is 77.9 Å². The molecular formula is C19H21NS. The Bertz CT molecular complexity index is 602. The Kier molecular flexibility index (Phi) is 5.70. The van der Waals surface area contributed by atoms with E-state index in [9.17, 15) is 0 Å². The molecule has 0 fully saturated rings. The lowest BCUT2D eigenvalue weighted by atomic mass is 10.1. The first-order valence-electron chi connectivity index (χ1n) is 7.18. The quantitative estimate of drug-likeness (QED) is 0.719. The molecular weight excluding hydrogens is 274 g/mol. The third-order valence-electron chi connectivity index (χ3n) is 3.51. The third-order valence-corrected chi connectivity index (χ3v) is 3.77. The first-order chi connectivity index (χ1) is 10.2. The van der Waals surface area contributed by atoms with Gasteiger partial charge in [0.15, 0.2) is 0 Å². The Balaban J connectivity index is 2.05. The highest BCUT2D eigenvalue weighted by atomic mass is 32.1. The van der Waals surface area contributed by atoms with E-state index in [2.05, 4.69) is 66.4 Å². The standard InChI is InChI=1S/C19H21NS/c1-16(19-11-7-4-8-12-19)13-14-20(17(2)21)15-18-9-5-3-6-10-18/h3-13H,14-15H2,1-2H3/b16-13+. The van der Waals surface area contributed by atoms with E-state index in [0.717, 1.165) is 18.1 Å². The van der Waals surface area contributed by atoms with E-state index in [4.69, 9.17) is 12.2 Å². The molecule has 0 saturated heterocycles. The molecule has 0 aliphatic carbocycles. The van der Waals surface area contributed by atoms with Crippen molar-refractivity contribution in [2.24, 2.45) is 0 Å². The number of rotatable bonds is 5. The van der Waals surface area contributed by atoms with Gasteiger partial charge in [0.1, 0.15) is 0 Å². The molecule has 0 aromatic heterocycles. The van der Waals surface area contributed by atoms with Crippen molar-refractivity contribution < 1.29 is 0 Å². The Morgan fingerprint density at radius 1 is 0.952 bits per heavy atom. The van der Waals surface area contributed by atoms with Crippen molar-refractivity contribution in [2.45, 2.75) is 20.4 Å². The van der Waals surface area contributed by atoms with Crippen molar-refractivity contribution in [3.63, 3.8) is 0 Å². The summed E-state index contributed by atoms with van der Waals surface area (Å²) in [4.78, 5) is 3.15. The van der Waals surface area contributed by atoms with Gasteiger partial charge in [-0.25, -0.2) is 0 Å². The summed E-state index contributed by atoms with van der Waals surface area (Å²) in [5.74, 6) is 0. The van der Waals surface area contributed by atoms with Gasteiger partial charge < -0.3 is 4.90 Å². The number of hydrogen-bond acceptors (Lipinski definition) is 1. The fourth-order valence-electron chi connectivity index (χ4n) is 2.17. The van der Waals surface area contributed by atoms with Crippen LogP contribution in [-0.4, -0.2) is 16.4 Å². The smallest absolute Gasteiger partial charge is 0.0753 e. The Morgan fingerprint density at radius 2 is 1.52 bits per heavy atom. The van der Waals surface area contributed by atoms with Gasteiger partial charge in [-0.15, -0.1) is 0 Å². The largest absolute Gasteiger partial charge is 0.358 e. The van der Waals surface area contributed by atoms with Crippen molar-refractivity contribution in [1.82, 2.24) is 4.90 Å². The summed E-state index contributed by atoms with van der Waals surface area (Å²) in [6.07, 6.45) is 2.24. The zero-order chi connectivity index (χ0) is 15.1. The summed E-state index contributed by atoms with van der Waals surface area (Å²) in [7, 11) is 0. The van der Waals surface area contributed by atoms with E-state index in [0.29, 0.717) is 0 Å². The second-order valence-corrected chi connectivity index (χ2v) is 5.73. The Morgan fingerprint density at radius 3 is 2.10 bits per heavy atom. The number of benzene rings is 2. The average Bonchev–Trinajstić information content (AvgIpc) is 2.52. The van der Waals surface area contributed by atoms with Gasteiger partial charge in [0, 0.05) is 13.1 Å². The topological polar surface area (TPSA) is 3.24 Å². The second-order valence-electron chi connectivity index (χ2n) is 5.14. The molecule has 0 amide bonds. The Labute approximate surface area is 132 Å². The zero-order valence-corrected chi connectivity index (χ0v) is 13.4. The number of allylic oxidation sites excluding steroid dienone is 1. The summed E-state index contributed by atoms with van der Waals surface area (Å²) < 4.78 is 0. The van der Waals surface area contributed by atoms with E-state index >= 15 is 0 Å². The van der Waals surface area contributed by atoms with Crippen LogP contribution in [0.2, 0.25) is 0 Å². The lowest BCUT2D eigenvalue weighted by molar-refractivity contribution is 0.462. The van der Waals surface area contributed by atoms with Gasteiger partial charge in [-0.05, 0) is 30.5 Å². The molecule has 108 valence electrons. The van der Waals surface area contributed by atoms with Crippen LogP contribution in [0.4, 0.5) is 0 Å². The second kappa shape index (κ2) is 7.75. The van der Waals surface area contributed by atoms with E-state index in [1.807, 2.05) is 19.1 Å². The highest BCUT2D eigenvalue weighted by Gasteiger charge is 2.05. The highest BCUT2D eigenvalue weighted by molar-refractivity contribution is 7.80. The monoisotopic (exact) mass is 295 g/mol. The summed E-state index contributed by atoms with van der Waals surface area (Å²) in [6, 6.07) is 20.9. The highest BCUT2D eigenvalue weighted by Crippen LogP contribution is 2.13. The number of nitrogens with zero attached hydrogens (tertiary/aromatic N) is 1. The molecule has 21 heavy (non-hydrogen) atoms. The van der Waals surface area contributed by atoms with E-state index < -0.39 is 0 Å². The molecule has 0 bridgehead atoms. The van der Waals surface area contributed by atoms with Gasteiger partial charge in [-0.1, -0.05) is 79.0 Å². The summed E-state index contributed by atoms with van der Waals surface area (Å²) in [6.45, 7) is 5.83. The molecule has 0 aliphatic rings. The minimum Gasteiger partial charge on any atom is -0.358 e. The molecule has 0 unspecified atom stereocenters. The summed E-state index contributed by atoms with van der Waals surface area (Å²) >= 11 is 5.38. The molecule has 0 atom stereocenters. The number of thiocarbonyl (C=S) groups is 1. The van der Waals surface area contributed by atoms with Crippen molar-refractivity contribution in [2.75, 3.05) is 6.54 Å².